The van der Waals surface area contributed by atoms with Gasteiger partial charge < -0.3 is 15.0 Å². The van der Waals surface area contributed by atoms with E-state index in [1.54, 1.807) is 18.2 Å². The SMILES string of the molecule is COc1ccc2[nH]cc(CC(NC(C)=O)C(F)(F)F)c2c1. The van der Waals surface area contributed by atoms with Crippen molar-refractivity contribution in [2.45, 2.75) is 25.6 Å². The van der Waals surface area contributed by atoms with E-state index in [-0.39, 0.29) is 6.42 Å². The van der Waals surface area contributed by atoms with Crippen LogP contribution in [0.2, 0.25) is 0 Å². The Kier molecular flexibility index (Phi) is 4.11. The van der Waals surface area contributed by atoms with Gasteiger partial charge in [0.05, 0.1) is 7.11 Å². The minimum absolute atomic E-state index is 0.337. The van der Waals surface area contributed by atoms with Gasteiger partial charge in [0.15, 0.2) is 0 Å². The lowest BCUT2D eigenvalue weighted by Gasteiger charge is -2.20. The monoisotopic (exact) mass is 300 g/mol. The molecule has 0 saturated heterocycles. The summed E-state index contributed by atoms with van der Waals surface area (Å²) in [5.41, 5.74) is 1.19. The number of benzene rings is 1. The molecule has 1 unspecified atom stereocenters. The fourth-order valence-corrected chi connectivity index (χ4v) is 2.17. The first-order valence-electron chi connectivity index (χ1n) is 6.29. The number of carbonyl (C=O) groups excluding carboxylic acids is 1. The van der Waals surface area contributed by atoms with Crippen LogP contribution < -0.4 is 10.1 Å². The number of nitrogens with one attached hydrogen (secondary N) is 2. The molecular formula is C14H15F3N2O2. The molecule has 7 heteroatoms. The standard InChI is InChI=1S/C14H15F3N2O2/c1-8(20)19-13(14(15,16)17)5-9-7-18-12-4-3-10(21-2)6-11(9)12/h3-4,6-7,13,18H,5H2,1-2H3,(H,19,20). The normalized spacial score (nSPS) is 13.2. The molecule has 1 aromatic carbocycles. The summed E-state index contributed by atoms with van der Waals surface area (Å²) in [4.78, 5) is 13.9. The van der Waals surface area contributed by atoms with Crippen molar-refractivity contribution in [3.63, 3.8) is 0 Å². The van der Waals surface area contributed by atoms with Crippen LogP contribution in [0, 0.1) is 0 Å². The number of rotatable bonds is 4. The highest BCUT2D eigenvalue weighted by Gasteiger charge is 2.40. The number of hydrogen-bond donors (Lipinski definition) is 2. The number of H-pyrrole nitrogens is 1. The predicted molar refractivity (Wildman–Crippen MR) is 72.2 cm³/mol. The zero-order chi connectivity index (χ0) is 15.6. The fourth-order valence-electron chi connectivity index (χ4n) is 2.17. The minimum atomic E-state index is -4.51. The van der Waals surface area contributed by atoms with Gasteiger partial charge in [0, 0.05) is 30.4 Å². The van der Waals surface area contributed by atoms with Crippen LogP contribution >= 0.6 is 0 Å². The number of ether oxygens (including phenoxy) is 1. The highest BCUT2D eigenvalue weighted by molar-refractivity contribution is 5.84. The van der Waals surface area contributed by atoms with Crippen LogP contribution in [0.1, 0.15) is 12.5 Å². The van der Waals surface area contributed by atoms with E-state index >= 15 is 0 Å². The van der Waals surface area contributed by atoms with Crippen molar-refractivity contribution in [3.05, 3.63) is 30.0 Å². The summed E-state index contributed by atoms with van der Waals surface area (Å²) in [5.74, 6) is -0.152. The third-order valence-corrected chi connectivity index (χ3v) is 3.17. The molecule has 0 fully saturated rings. The largest absolute Gasteiger partial charge is 0.497 e. The topological polar surface area (TPSA) is 54.1 Å². The lowest BCUT2D eigenvalue weighted by Crippen LogP contribution is -2.45. The summed E-state index contributed by atoms with van der Waals surface area (Å²) in [6.45, 7) is 1.07. The second kappa shape index (κ2) is 5.67. The van der Waals surface area contributed by atoms with Crippen LogP contribution in [-0.2, 0) is 11.2 Å². The van der Waals surface area contributed by atoms with Crippen molar-refractivity contribution in [2.75, 3.05) is 7.11 Å². The Balaban J connectivity index is 2.34. The summed E-state index contributed by atoms with van der Waals surface area (Å²) >= 11 is 0. The zero-order valence-corrected chi connectivity index (χ0v) is 11.5. The molecule has 0 saturated carbocycles. The number of alkyl halides is 3. The van der Waals surface area contributed by atoms with Crippen LogP contribution in [0.15, 0.2) is 24.4 Å². The maximum Gasteiger partial charge on any atom is 0.408 e. The molecule has 0 radical (unpaired) electrons. The Hall–Kier alpha value is -2.18. The number of fused-ring (bicyclic) bond motifs is 1. The molecule has 4 nitrogen and oxygen atoms in total. The lowest BCUT2D eigenvalue weighted by atomic mass is 10.0. The number of amides is 1. The van der Waals surface area contributed by atoms with E-state index in [0.29, 0.717) is 16.7 Å². The van der Waals surface area contributed by atoms with Gasteiger partial charge in [0.25, 0.3) is 0 Å². The molecule has 1 heterocycles. The van der Waals surface area contributed by atoms with Crippen LogP contribution in [-0.4, -0.2) is 30.2 Å². The van der Waals surface area contributed by atoms with E-state index in [4.69, 9.17) is 4.74 Å². The van der Waals surface area contributed by atoms with Gasteiger partial charge in [0.2, 0.25) is 5.91 Å². The van der Waals surface area contributed by atoms with Gasteiger partial charge in [-0.25, -0.2) is 0 Å². The molecule has 2 N–H and O–H groups in total. The molecule has 1 aromatic heterocycles. The second-order valence-electron chi connectivity index (χ2n) is 4.72. The van der Waals surface area contributed by atoms with Gasteiger partial charge in [-0.3, -0.25) is 4.79 Å². The summed E-state index contributed by atoms with van der Waals surface area (Å²) < 4.78 is 44.0. The van der Waals surface area contributed by atoms with Crippen molar-refractivity contribution < 1.29 is 22.7 Å². The van der Waals surface area contributed by atoms with Crippen LogP contribution in [0.4, 0.5) is 13.2 Å². The summed E-state index contributed by atoms with van der Waals surface area (Å²) in [5, 5.41) is 2.59. The van der Waals surface area contributed by atoms with Gasteiger partial charge in [-0.2, -0.15) is 13.2 Å². The average molecular weight is 300 g/mol. The Bertz CT molecular complexity index is 649. The van der Waals surface area contributed by atoms with E-state index < -0.39 is 18.1 Å². The number of aromatic nitrogens is 1. The Morgan fingerprint density at radius 1 is 1.43 bits per heavy atom. The van der Waals surface area contributed by atoms with Gasteiger partial charge in [-0.1, -0.05) is 0 Å². The maximum atomic E-state index is 13.0. The first-order valence-corrected chi connectivity index (χ1v) is 6.29. The Labute approximate surface area is 119 Å². The van der Waals surface area contributed by atoms with Gasteiger partial charge in [-0.05, 0) is 23.8 Å². The Morgan fingerprint density at radius 3 is 2.71 bits per heavy atom. The number of methoxy groups -OCH3 is 1. The molecule has 2 aromatic rings. The molecule has 0 spiro atoms. The number of hydrogen-bond acceptors (Lipinski definition) is 2. The molecule has 2 rings (SSSR count). The van der Waals surface area contributed by atoms with Crippen LogP contribution in [0.5, 0.6) is 5.75 Å². The van der Waals surface area contributed by atoms with E-state index in [1.165, 1.54) is 13.3 Å². The van der Waals surface area contributed by atoms with Crippen LogP contribution in [0.3, 0.4) is 0 Å². The molecule has 0 aliphatic rings. The van der Waals surface area contributed by atoms with Crippen molar-refractivity contribution in [1.82, 2.24) is 10.3 Å². The van der Waals surface area contributed by atoms with E-state index in [0.717, 1.165) is 12.4 Å². The Morgan fingerprint density at radius 2 is 2.14 bits per heavy atom. The molecular weight excluding hydrogens is 285 g/mol. The average Bonchev–Trinajstić information content (AvgIpc) is 2.79. The van der Waals surface area contributed by atoms with Crippen molar-refractivity contribution in [2.24, 2.45) is 0 Å². The molecule has 1 atom stereocenters. The van der Waals surface area contributed by atoms with Gasteiger partial charge in [-0.15, -0.1) is 0 Å². The zero-order valence-electron chi connectivity index (χ0n) is 11.5. The highest BCUT2D eigenvalue weighted by Crippen LogP contribution is 2.28. The summed E-state index contributed by atoms with van der Waals surface area (Å²) in [6.07, 6.45) is -3.32. The molecule has 0 aliphatic carbocycles. The second-order valence-corrected chi connectivity index (χ2v) is 4.72. The van der Waals surface area contributed by atoms with Crippen molar-refractivity contribution in [3.8, 4) is 5.75 Å². The third kappa shape index (κ3) is 3.48. The van der Waals surface area contributed by atoms with E-state index in [9.17, 15) is 18.0 Å². The first kappa shape index (κ1) is 15.2. The van der Waals surface area contributed by atoms with Crippen molar-refractivity contribution in [1.29, 1.82) is 0 Å². The van der Waals surface area contributed by atoms with E-state index in [1.807, 2.05) is 5.32 Å². The fraction of sp³-hybridized carbons (Fsp3) is 0.357. The molecule has 21 heavy (non-hydrogen) atoms. The third-order valence-electron chi connectivity index (χ3n) is 3.17. The molecule has 0 bridgehead atoms. The number of carbonyl (C=O) groups is 1. The van der Waals surface area contributed by atoms with Gasteiger partial charge in [0.1, 0.15) is 11.8 Å². The lowest BCUT2D eigenvalue weighted by molar-refractivity contribution is -0.160. The smallest absolute Gasteiger partial charge is 0.408 e. The summed E-state index contributed by atoms with van der Waals surface area (Å²) in [7, 11) is 1.49. The maximum absolute atomic E-state index is 13.0. The molecule has 1 amide bonds. The minimum Gasteiger partial charge on any atom is -0.497 e. The van der Waals surface area contributed by atoms with Crippen molar-refractivity contribution >= 4 is 16.8 Å². The van der Waals surface area contributed by atoms with E-state index in [2.05, 4.69) is 4.98 Å². The highest BCUT2D eigenvalue weighted by atomic mass is 19.4. The van der Waals surface area contributed by atoms with Gasteiger partial charge >= 0.3 is 6.18 Å². The quantitative estimate of drug-likeness (QED) is 0.912. The number of halogens is 3. The molecule has 114 valence electrons. The first-order chi connectivity index (χ1) is 9.81. The van der Waals surface area contributed by atoms with Crippen LogP contribution in [0.25, 0.3) is 10.9 Å². The number of aromatic amines is 1. The predicted octanol–water partition coefficient (Wildman–Crippen LogP) is 2.79. The summed E-state index contributed by atoms with van der Waals surface area (Å²) in [6, 6.07) is 3.21. The molecule has 0 aliphatic heterocycles.